The molecule has 1 aliphatic rings. The molecule has 0 spiro atoms. The number of nitrogens with zero attached hydrogens (tertiary/aromatic N) is 4. The largest absolute Gasteiger partial charge is 0.494 e. The molecule has 2 aromatic carbocycles. The topological polar surface area (TPSA) is 83.1 Å². The highest BCUT2D eigenvalue weighted by molar-refractivity contribution is 7.89. The summed E-state index contributed by atoms with van der Waals surface area (Å²) in [5.41, 5.74) is 1.78. The number of sulfonamides is 1. The van der Waals surface area contributed by atoms with Gasteiger partial charge in [0, 0.05) is 19.6 Å². The Bertz CT molecular complexity index is 1320. The van der Waals surface area contributed by atoms with Crippen LogP contribution in [0.5, 0.6) is 5.75 Å². The predicted octanol–water partition coefficient (Wildman–Crippen LogP) is 4.53. The van der Waals surface area contributed by atoms with E-state index in [1.807, 2.05) is 32.0 Å². The minimum atomic E-state index is -3.80. The maximum Gasteiger partial charge on any atom is 0.247 e. The SMILES string of the molecule is CCOc1ccc2nc(N(CCN(CC)CC)C(=O)C3CCCN3S(=O)(=O)c3ccc(C)cc3)sc2c1. The summed E-state index contributed by atoms with van der Waals surface area (Å²) < 4.78 is 35.0. The number of likely N-dealkylation sites (N-methyl/N-ethyl adjacent to an activating group) is 1. The van der Waals surface area contributed by atoms with Crippen LogP contribution >= 0.6 is 11.3 Å². The van der Waals surface area contributed by atoms with Gasteiger partial charge in [-0.25, -0.2) is 13.4 Å². The van der Waals surface area contributed by atoms with Crippen LogP contribution in [0.25, 0.3) is 10.2 Å². The molecule has 1 fully saturated rings. The Balaban J connectivity index is 1.67. The Hall–Kier alpha value is -2.53. The predicted molar refractivity (Wildman–Crippen MR) is 149 cm³/mol. The minimum absolute atomic E-state index is 0.218. The maximum absolute atomic E-state index is 14.1. The fourth-order valence-corrected chi connectivity index (χ4v) is 7.32. The molecule has 1 unspecified atom stereocenters. The van der Waals surface area contributed by atoms with Crippen molar-refractivity contribution < 1.29 is 17.9 Å². The molecular weight excluding hydrogens is 508 g/mol. The van der Waals surface area contributed by atoms with Gasteiger partial charge in [0.2, 0.25) is 15.9 Å². The van der Waals surface area contributed by atoms with Gasteiger partial charge in [0.25, 0.3) is 0 Å². The van der Waals surface area contributed by atoms with E-state index in [9.17, 15) is 13.2 Å². The number of rotatable bonds is 11. The van der Waals surface area contributed by atoms with Gasteiger partial charge in [0.1, 0.15) is 11.8 Å². The summed E-state index contributed by atoms with van der Waals surface area (Å²) in [5.74, 6) is 0.543. The second-order valence-electron chi connectivity index (χ2n) is 9.16. The zero-order valence-corrected chi connectivity index (χ0v) is 23.6. The lowest BCUT2D eigenvalue weighted by Gasteiger charge is -2.30. The first kappa shape index (κ1) is 27.5. The molecule has 1 aromatic heterocycles. The van der Waals surface area contributed by atoms with Crippen LogP contribution in [-0.2, 0) is 14.8 Å². The number of carbonyl (C=O) groups is 1. The lowest BCUT2D eigenvalue weighted by atomic mass is 10.2. The summed E-state index contributed by atoms with van der Waals surface area (Å²) in [6.45, 7) is 11.8. The number of hydrogen-bond acceptors (Lipinski definition) is 7. The quantitative estimate of drug-likeness (QED) is 0.353. The first-order valence-electron chi connectivity index (χ1n) is 12.9. The summed E-state index contributed by atoms with van der Waals surface area (Å²) in [4.78, 5) is 23.0. The number of carbonyl (C=O) groups excluding carboxylic acids is 1. The highest BCUT2D eigenvalue weighted by Gasteiger charge is 2.42. The van der Waals surface area contributed by atoms with Gasteiger partial charge in [0.15, 0.2) is 5.13 Å². The Kier molecular flexibility index (Phi) is 8.84. The van der Waals surface area contributed by atoms with Gasteiger partial charge in [-0.2, -0.15) is 4.31 Å². The average Bonchev–Trinajstić information content (AvgIpc) is 3.54. The molecule has 3 aromatic rings. The van der Waals surface area contributed by atoms with Gasteiger partial charge in [-0.1, -0.05) is 42.9 Å². The van der Waals surface area contributed by atoms with Crippen molar-refractivity contribution in [2.24, 2.45) is 0 Å². The molecule has 0 bridgehead atoms. The van der Waals surface area contributed by atoms with Gasteiger partial charge in [0.05, 0.1) is 21.7 Å². The van der Waals surface area contributed by atoms with Gasteiger partial charge < -0.3 is 9.64 Å². The Morgan fingerprint density at radius 3 is 2.51 bits per heavy atom. The monoisotopic (exact) mass is 544 g/mol. The van der Waals surface area contributed by atoms with Crippen LogP contribution in [0.2, 0.25) is 0 Å². The van der Waals surface area contributed by atoms with Crippen LogP contribution in [0, 0.1) is 6.92 Å². The van der Waals surface area contributed by atoms with E-state index < -0.39 is 16.1 Å². The van der Waals surface area contributed by atoms with Crippen molar-refractivity contribution in [2.75, 3.05) is 44.2 Å². The first-order chi connectivity index (χ1) is 17.8. The second kappa shape index (κ2) is 11.9. The smallest absolute Gasteiger partial charge is 0.247 e. The van der Waals surface area contributed by atoms with Crippen molar-refractivity contribution in [1.29, 1.82) is 0 Å². The first-order valence-corrected chi connectivity index (χ1v) is 15.2. The molecule has 1 aliphatic heterocycles. The van der Waals surface area contributed by atoms with Crippen LogP contribution < -0.4 is 9.64 Å². The number of hydrogen-bond donors (Lipinski definition) is 0. The molecule has 0 aliphatic carbocycles. The summed E-state index contributed by atoms with van der Waals surface area (Å²) >= 11 is 1.43. The van der Waals surface area contributed by atoms with Gasteiger partial charge in [-0.3, -0.25) is 9.69 Å². The van der Waals surface area contributed by atoms with Crippen LogP contribution in [-0.4, -0.2) is 73.9 Å². The number of aromatic nitrogens is 1. The molecule has 0 N–H and O–H groups in total. The van der Waals surface area contributed by atoms with Crippen molar-refractivity contribution in [3.05, 3.63) is 48.0 Å². The molecular formula is C27H36N4O4S2. The Morgan fingerprint density at radius 1 is 1.11 bits per heavy atom. The number of benzene rings is 2. The molecule has 1 atom stereocenters. The number of amides is 1. The molecule has 0 radical (unpaired) electrons. The summed E-state index contributed by atoms with van der Waals surface area (Å²) in [6.07, 6.45) is 1.13. The maximum atomic E-state index is 14.1. The normalized spacial score (nSPS) is 16.5. The number of ether oxygens (including phenoxy) is 1. The third kappa shape index (κ3) is 5.98. The van der Waals surface area contributed by atoms with Crippen molar-refractivity contribution in [3.8, 4) is 5.75 Å². The molecule has 2 heterocycles. The highest BCUT2D eigenvalue weighted by atomic mass is 32.2. The van der Waals surface area contributed by atoms with Crippen LogP contribution in [0.15, 0.2) is 47.4 Å². The molecule has 8 nitrogen and oxygen atoms in total. The van der Waals surface area contributed by atoms with E-state index in [-0.39, 0.29) is 10.8 Å². The van der Waals surface area contributed by atoms with E-state index in [2.05, 4.69) is 18.7 Å². The van der Waals surface area contributed by atoms with E-state index in [0.717, 1.165) is 34.6 Å². The summed E-state index contributed by atoms with van der Waals surface area (Å²) in [5, 5.41) is 0.584. The summed E-state index contributed by atoms with van der Waals surface area (Å²) in [7, 11) is -3.80. The van der Waals surface area contributed by atoms with Crippen LogP contribution in [0.1, 0.15) is 39.2 Å². The van der Waals surface area contributed by atoms with E-state index in [0.29, 0.717) is 44.2 Å². The van der Waals surface area contributed by atoms with Crippen molar-refractivity contribution in [2.45, 2.75) is 51.5 Å². The third-order valence-corrected chi connectivity index (χ3v) is 9.77. The van der Waals surface area contributed by atoms with Crippen molar-refractivity contribution >= 4 is 42.6 Å². The number of fused-ring (bicyclic) bond motifs is 1. The standard InChI is InChI=1S/C27H36N4O4S2/c1-5-29(6-2)17-18-30(27-28-23-15-12-21(35-7-3)19-25(23)36-27)26(32)24-9-8-16-31(24)37(33,34)22-13-10-20(4)11-14-22/h10-15,19,24H,5-9,16-18H2,1-4H3. The van der Waals surface area contributed by atoms with Gasteiger partial charge in [-0.15, -0.1) is 0 Å². The van der Waals surface area contributed by atoms with E-state index in [1.54, 1.807) is 29.2 Å². The number of anilines is 1. The van der Waals surface area contributed by atoms with Crippen LogP contribution in [0.3, 0.4) is 0 Å². The van der Waals surface area contributed by atoms with Crippen LogP contribution in [0.4, 0.5) is 5.13 Å². The van der Waals surface area contributed by atoms with E-state index in [1.165, 1.54) is 15.6 Å². The lowest BCUT2D eigenvalue weighted by Crippen LogP contribution is -2.49. The molecule has 4 rings (SSSR count). The highest BCUT2D eigenvalue weighted by Crippen LogP contribution is 2.34. The molecule has 200 valence electrons. The molecule has 0 saturated carbocycles. The minimum Gasteiger partial charge on any atom is -0.494 e. The fourth-order valence-electron chi connectivity index (χ4n) is 4.65. The average molecular weight is 545 g/mol. The number of thiazole rings is 1. The summed E-state index contributed by atoms with van der Waals surface area (Å²) in [6, 6.07) is 11.8. The molecule has 1 saturated heterocycles. The molecule has 37 heavy (non-hydrogen) atoms. The zero-order valence-electron chi connectivity index (χ0n) is 22.0. The Morgan fingerprint density at radius 2 is 1.84 bits per heavy atom. The third-order valence-electron chi connectivity index (χ3n) is 6.81. The number of aryl methyl sites for hydroxylation is 1. The lowest BCUT2D eigenvalue weighted by molar-refractivity contribution is -0.121. The van der Waals surface area contributed by atoms with E-state index in [4.69, 9.17) is 9.72 Å². The van der Waals surface area contributed by atoms with Crippen molar-refractivity contribution in [1.82, 2.24) is 14.2 Å². The molecule has 10 heteroatoms. The van der Waals surface area contributed by atoms with Crippen molar-refractivity contribution in [3.63, 3.8) is 0 Å². The Labute approximate surface area is 223 Å². The van der Waals surface area contributed by atoms with Gasteiger partial charge in [-0.05, 0) is 70.1 Å². The molecule has 1 amide bonds. The second-order valence-corrected chi connectivity index (χ2v) is 12.1. The zero-order chi connectivity index (χ0) is 26.6. The van der Waals surface area contributed by atoms with E-state index >= 15 is 0 Å². The fraction of sp³-hybridized carbons (Fsp3) is 0.481. The van der Waals surface area contributed by atoms with Gasteiger partial charge >= 0.3 is 0 Å².